The van der Waals surface area contributed by atoms with Gasteiger partial charge in [-0.3, -0.25) is 0 Å². The van der Waals surface area contributed by atoms with E-state index >= 15 is 0 Å². The van der Waals surface area contributed by atoms with Crippen LogP contribution in [0, 0.1) is 0 Å². The van der Waals surface area contributed by atoms with Crippen LogP contribution in [0.2, 0.25) is 0 Å². The summed E-state index contributed by atoms with van der Waals surface area (Å²) in [6, 6.07) is 10.8. The fourth-order valence-electron chi connectivity index (χ4n) is 2.45. The predicted octanol–water partition coefficient (Wildman–Crippen LogP) is 4.52. The van der Waals surface area contributed by atoms with Crippen molar-refractivity contribution in [3.63, 3.8) is 0 Å². The van der Waals surface area contributed by atoms with E-state index in [4.69, 9.17) is 0 Å². The van der Waals surface area contributed by atoms with E-state index in [0.29, 0.717) is 0 Å². The molecule has 1 aromatic carbocycles. The highest BCUT2D eigenvalue weighted by atomic mass is 15.1. The predicted molar refractivity (Wildman–Crippen MR) is 81.0 cm³/mol. The third kappa shape index (κ3) is 6.80. The fourth-order valence-corrected chi connectivity index (χ4v) is 2.45. The van der Waals surface area contributed by atoms with E-state index in [1.165, 1.54) is 63.7 Å². The first-order valence-electron chi connectivity index (χ1n) is 7.63. The van der Waals surface area contributed by atoms with Crippen molar-refractivity contribution in [1.82, 2.24) is 4.90 Å². The van der Waals surface area contributed by atoms with Gasteiger partial charge in [0, 0.05) is 0 Å². The highest BCUT2D eigenvalue weighted by molar-refractivity contribution is 5.14. The van der Waals surface area contributed by atoms with Crippen LogP contribution in [-0.4, -0.2) is 24.5 Å². The third-order valence-electron chi connectivity index (χ3n) is 3.36. The Hall–Kier alpha value is -0.820. The molecule has 0 unspecified atom stereocenters. The van der Waals surface area contributed by atoms with Crippen molar-refractivity contribution in [2.75, 3.05) is 19.6 Å². The summed E-state index contributed by atoms with van der Waals surface area (Å²) in [6.45, 7) is 8.38. The number of rotatable bonds is 10. The van der Waals surface area contributed by atoms with E-state index in [9.17, 15) is 0 Å². The van der Waals surface area contributed by atoms with Gasteiger partial charge < -0.3 is 4.90 Å². The Labute approximate surface area is 113 Å². The van der Waals surface area contributed by atoms with Gasteiger partial charge in [-0.05, 0) is 57.3 Å². The van der Waals surface area contributed by atoms with Gasteiger partial charge >= 0.3 is 0 Å². The maximum absolute atomic E-state index is 2.61. The van der Waals surface area contributed by atoms with E-state index in [2.05, 4.69) is 49.1 Å². The minimum Gasteiger partial charge on any atom is -0.303 e. The van der Waals surface area contributed by atoms with Gasteiger partial charge in [-0.15, -0.1) is 0 Å². The summed E-state index contributed by atoms with van der Waals surface area (Å²) in [5.41, 5.74) is 1.48. The average Bonchev–Trinajstić information content (AvgIpc) is 2.40. The molecule has 0 atom stereocenters. The molecule has 0 aliphatic carbocycles. The molecule has 0 bridgehead atoms. The highest BCUT2D eigenvalue weighted by Crippen LogP contribution is 2.07. The Morgan fingerprint density at radius 3 is 2.06 bits per heavy atom. The van der Waals surface area contributed by atoms with Gasteiger partial charge in [0.1, 0.15) is 0 Å². The summed E-state index contributed by atoms with van der Waals surface area (Å²) < 4.78 is 0. The summed E-state index contributed by atoms with van der Waals surface area (Å²) >= 11 is 0. The van der Waals surface area contributed by atoms with Crippen LogP contribution in [0.3, 0.4) is 0 Å². The molecule has 0 spiro atoms. The third-order valence-corrected chi connectivity index (χ3v) is 3.36. The smallest absolute Gasteiger partial charge is 0.00187 e. The topological polar surface area (TPSA) is 3.24 Å². The summed E-state index contributed by atoms with van der Waals surface area (Å²) in [5.74, 6) is 0. The average molecular weight is 247 g/mol. The van der Waals surface area contributed by atoms with E-state index in [1.807, 2.05) is 0 Å². The number of hydrogen-bond donors (Lipinski definition) is 0. The van der Waals surface area contributed by atoms with Crippen LogP contribution in [0.25, 0.3) is 0 Å². The lowest BCUT2D eigenvalue weighted by molar-refractivity contribution is 0.268. The van der Waals surface area contributed by atoms with Crippen molar-refractivity contribution in [2.24, 2.45) is 0 Å². The van der Waals surface area contributed by atoms with Crippen LogP contribution in [0.5, 0.6) is 0 Å². The monoisotopic (exact) mass is 247 g/mol. The van der Waals surface area contributed by atoms with Gasteiger partial charge in [0.15, 0.2) is 0 Å². The SMILES string of the molecule is CCCN(CCC)CCCCCc1ccccc1. The number of benzene rings is 1. The van der Waals surface area contributed by atoms with E-state index in [-0.39, 0.29) is 0 Å². The van der Waals surface area contributed by atoms with Crippen LogP contribution >= 0.6 is 0 Å². The Kier molecular flexibility index (Phi) is 8.58. The lowest BCUT2D eigenvalue weighted by atomic mass is 10.1. The maximum Gasteiger partial charge on any atom is -0.00187 e. The minimum absolute atomic E-state index is 1.24. The Balaban J connectivity index is 2.06. The molecule has 1 heteroatoms. The molecule has 0 saturated heterocycles. The molecule has 0 aromatic heterocycles. The molecule has 0 amide bonds. The molecular formula is C17H29N. The van der Waals surface area contributed by atoms with E-state index in [1.54, 1.807) is 0 Å². The number of unbranched alkanes of at least 4 members (excludes halogenated alkanes) is 2. The van der Waals surface area contributed by atoms with Crippen molar-refractivity contribution >= 4 is 0 Å². The first-order chi connectivity index (χ1) is 8.86. The molecule has 18 heavy (non-hydrogen) atoms. The second-order valence-electron chi connectivity index (χ2n) is 5.14. The zero-order valence-corrected chi connectivity index (χ0v) is 12.2. The molecule has 0 heterocycles. The van der Waals surface area contributed by atoms with Gasteiger partial charge in [-0.1, -0.05) is 50.6 Å². The molecule has 0 fully saturated rings. The van der Waals surface area contributed by atoms with Gasteiger partial charge in [-0.25, -0.2) is 0 Å². The number of hydrogen-bond acceptors (Lipinski definition) is 1. The second kappa shape index (κ2) is 10.1. The quantitative estimate of drug-likeness (QED) is 0.549. The Bertz CT molecular complexity index is 275. The summed E-state index contributed by atoms with van der Waals surface area (Å²) in [5, 5.41) is 0. The van der Waals surface area contributed by atoms with Crippen LogP contribution in [-0.2, 0) is 6.42 Å². The number of aryl methyl sites for hydroxylation is 1. The fraction of sp³-hybridized carbons (Fsp3) is 0.647. The molecule has 0 saturated carbocycles. The van der Waals surface area contributed by atoms with Gasteiger partial charge in [0.2, 0.25) is 0 Å². The molecule has 0 N–H and O–H groups in total. The van der Waals surface area contributed by atoms with Gasteiger partial charge in [0.05, 0.1) is 0 Å². The maximum atomic E-state index is 2.61. The molecule has 0 radical (unpaired) electrons. The molecule has 1 aromatic rings. The molecule has 0 aliphatic rings. The van der Waals surface area contributed by atoms with E-state index < -0.39 is 0 Å². The standard InChI is InChI=1S/C17H29N/c1-3-14-18(15-4-2)16-10-6-9-13-17-11-7-5-8-12-17/h5,7-8,11-12H,3-4,6,9-10,13-16H2,1-2H3. The molecule has 1 rings (SSSR count). The van der Waals surface area contributed by atoms with Crippen LogP contribution in [0.1, 0.15) is 51.5 Å². The molecule has 0 aliphatic heterocycles. The lowest BCUT2D eigenvalue weighted by Gasteiger charge is -2.20. The zero-order chi connectivity index (χ0) is 13.1. The number of nitrogens with zero attached hydrogens (tertiary/aromatic N) is 1. The van der Waals surface area contributed by atoms with Crippen molar-refractivity contribution in [2.45, 2.75) is 52.4 Å². The first-order valence-corrected chi connectivity index (χ1v) is 7.63. The Morgan fingerprint density at radius 2 is 1.44 bits per heavy atom. The summed E-state index contributed by atoms with van der Waals surface area (Å²) in [6.07, 6.45) is 7.85. The molecular weight excluding hydrogens is 218 g/mol. The minimum atomic E-state index is 1.24. The van der Waals surface area contributed by atoms with Gasteiger partial charge in [-0.2, -0.15) is 0 Å². The Morgan fingerprint density at radius 1 is 0.778 bits per heavy atom. The van der Waals surface area contributed by atoms with Crippen molar-refractivity contribution in [3.05, 3.63) is 35.9 Å². The lowest BCUT2D eigenvalue weighted by Crippen LogP contribution is -2.26. The van der Waals surface area contributed by atoms with E-state index in [0.717, 1.165) is 0 Å². The zero-order valence-electron chi connectivity index (χ0n) is 12.2. The van der Waals surface area contributed by atoms with Crippen LogP contribution < -0.4 is 0 Å². The highest BCUT2D eigenvalue weighted by Gasteiger charge is 2.01. The van der Waals surface area contributed by atoms with Gasteiger partial charge in [0.25, 0.3) is 0 Å². The summed E-state index contributed by atoms with van der Waals surface area (Å²) in [4.78, 5) is 2.61. The largest absolute Gasteiger partial charge is 0.303 e. The van der Waals surface area contributed by atoms with Crippen molar-refractivity contribution in [1.29, 1.82) is 0 Å². The van der Waals surface area contributed by atoms with Crippen LogP contribution in [0.4, 0.5) is 0 Å². The second-order valence-corrected chi connectivity index (χ2v) is 5.14. The normalized spacial score (nSPS) is 11.1. The molecule has 102 valence electrons. The first kappa shape index (κ1) is 15.2. The van der Waals surface area contributed by atoms with Crippen molar-refractivity contribution < 1.29 is 0 Å². The van der Waals surface area contributed by atoms with Crippen molar-refractivity contribution in [3.8, 4) is 0 Å². The van der Waals surface area contributed by atoms with Crippen LogP contribution in [0.15, 0.2) is 30.3 Å². The summed E-state index contributed by atoms with van der Waals surface area (Å²) in [7, 11) is 0. The molecule has 1 nitrogen and oxygen atoms in total.